The second-order valence-electron chi connectivity index (χ2n) is 3.42. The summed E-state index contributed by atoms with van der Waals surface area (Å²) < 4.78 is 2.09. The Kier molecular flexibility index (Phi) is 1.17. The normalized spacial score (nSPS) is 16.6. The average Bonchev–Trinajstić information content (AvgIpc) is 2.87. The van der Waals surface area contributed by atoms with Crippen LogP contribution in [0.2, 0.25) is 0 Å². The number of hydrogen-bond donors (Lipinski definition) is 1. The maximum absolute atomic E-state index is 9.47. The van der Waals surface area contributed by atoms with Gasteiger partial charge >= 0.3 is 0 Å². The van der Waals surface area contributed by atoms with Gasteiger partial charge in [-0.3, -0.25) is 0 Å². The molecule has 2 aromatic rings. The van der Waals surface area contributed by atoms with Gasteiger partial charge in [0.05, 0.1) is 11.6 Å². The van der Waals surface area contributed by atoms with E-state index in [2.05, 4.69) is 14.8 Å². The molecule has 2 heterocycles. The van der Waals surface area contributed by atoms with Crippen LogP contribution in [0.4, 0.5) is 0 Å². The molecule has 4 nitrogen and oxygen atoms in total. The van der Waals surface area contributed by atoms with E-state index in [1.165, 1.54) is 19.0 Å². The SMILES string of the molecule is Oc1cnnc2c1ccn2C1CC1. The quantitative estimate of drug-likeness (QED) is 0.714. The first-order valence-electron chi connectivity index (χ1n) is 4.37. The first kappa shape index (κ1) is 6.88. The number of aromatic hydroxyl groups is 1. The van der Waals surface area contributed by atoms with Crippen molar-refractivity contribution in [3.8, 4) is 5.75 Å². The van der Waals surface area contributed by atoms with Crippen LogP contribution in [0, 0.1) is 0 Å². The third-order valence-corrected chi connectivity index (χ3v) is 2.44. The highest BCUT2D eigenvalue weighted by molar-refractivity contribution is 5.82. The molecular weight excluding hydrogens is 166 g/mol. The molecule has 0 amide bonds. The van der Waals surface area contributed by atoms with Crippen LogP contribution < -0.4 is 0 Å². The first-order chi connectivity index (χ1) is 6.36. The summed E-state index contributed by atoms with van der Waals surface area (Å²) in [7, 11) is 0. The molecule has 2 aromatic heterocycles. The highest BCUT2D eigenvalue weighted by Crippen LogP contribution is 2.38. The van der Waals surface area contributed by atoms with Crippen LogP contribution in [0.5, 0.6) is 5.75 Å². The summed E-state index contributed by atoms with van der Waals surface area (Å²) in [5.74, 6) is 0.212. The zero-order chi connectivity index (χ0) is 8.84. The lowest BCUT2D eigenvalue weighted by atomic mass is 10.3. The highest BCUT2D eigenvalue weighted by atomic mass is 16.3. The van der Waals surface area contributed by atoms with E-state index in [0.717, 1.165) is 11.0 Å². The molecule has 1 aliphatic rings. The molecule has 0 unspecified atom stereocenters. The highest BCUT2D eigenvalue weighted by Gasteiger charge is 2.25. The topological polar surface area (TPSA) is 50.9 Å². The van der Waals surface area contributed by atoms with Crippen molar-refractivity contribution >= 4 is 11.0 Å². The molecule has 0 saturated heterocycles. The monoisotopic (exact) mass is 175 g/mol. The second kappa shape index (κ2) is 2.22. The number of aromatic nitrogens is 3. The molecule has 0 aromatic carbocycles. The minimum absolute atomic E-state index is 0.212. The van der Waals surface area contributed by atoms with E-state index < -0.39 is 0 Å². The lowest BCUT2D eigenvalue weighted by Gasteiger charge is -1.99. The summed E-state index contributed by atoms with van der Waals surface area (Å²) >= 11 is 0. The molecule has 0 aliphatic heterocycles. The molecule has 4 heteroatoms. The Labute approximate surface area is 74.8 Å². The molecular formula is C9H9N3O. The first-order valence-corrected chi connectivity index (χ1v) is 4.37. The van der Waals surface area contributed by atoms with E-state index >= 15 is 0 Å². The van der Waals surface area contributed by atoms with Crippen molar-refractivity contribution < 1.29 is 5.11 Å². The Bertz CT molecular complexity index is 459. The van der Waals surface area contributed by atoms with Crippen molar-refractivity contribution in [2.24, 2.45) is 0 Å². The molecule has 1 fully saturated rings. The van der Waals surface area contributed by atoms with Gasteiger partial charge in [-0.2, -0.15) is 5.10 Å². The zero-order valence-corrected chi connectivity index (χ0v) is 7.01. The summed E-state index contributed by atoms with van der Waals surface area (Å²) in [6, 6.07) is 2.46. The summed E-state index contributed by atoms with van der Waals surface area (Å²) in [5.41, 5.74) is 0.794. The van der Waals surface area contributed by atoms with Gasteiger partial charge in [-0.15, -0.1) is 5.10 Å². The number of nitrogens with zero attached hydrogens (tertiary/aromatic N) is 3. The van der Waals surface area contributed by atoms with E-state index in [1.807, 2.05) is 12.3 Å². The largest absolute Gasteiger partial charge is 0.505 e. The smallest absolute Gasteiger partial charge is 0.166 e. The predicted octanol–water partition coefficient (Wildman–Crippen LogP) is 1.47. The van der Waals surface area contributed by atoms with Crippen molar-refractivity contribution in [2.75, 3.05) is 0 Å². The molecule has 0 bridgehead atoms. The Hall–Kier alpha value is -1.58. The lowest BCUT2D eigenvalue weighted by Crippen LogP contribution is -1.93. The van der Waals surface area contributed by atoms with E-state index in [0.29, 0.717) is 6.04 Å². The van der Waals surface area contributed by atoms with Gasteiger partial charge in [-0.25, -0.2) is 0 Å². The van der Waals surface area contributed by atoms with Gasteiger partial charge in [-0.05, 0) is 18.9 Å². The average molecular weight is 175 g/mol. The second-order valence-corrected chi connectivity index (χ2v) is 3.42. The van der Waals surface area contributed by atoms with Gasteiger partial charge in [0.2, 0.25) is 0 Å². The number of fused-ring (bicyclic) bond motifs is 1. The third kappa shape index (κ3) is 0.915. The maximum Gasteiger partial charge on any atom is 0.166 e. The van der Waals surface area contributed by atoms with Gasteiger partial charge in [0.25, 0.3) is 0 Å². The fraction of sp³-hybridized carbons (Fsp3) is 0.333. The molecule has 0 radical (unpaired) electrons. The number of hydrogen-bond acceptors (Lipinski definition) is 3. The van der Waals surface area contributed by atoms with E-state index in [9.17, 15) is 5.11 Å². The van der Waals surface area contributed by atoms with E-state index in [1.54, 1.807) is 0 Å². The third-order valence-electron chi connectivity index (χ3n) is 2.44. The van der Waals surface area contributed by atoms with Crippen molar-refractivity contribution in [3.05, 3.63) is 18.5 Å². The molecule has 13 heavy (non-hydrogen) atoms. The van der Waals surface area contributed by atoms with Crippen LogP contribution in [-0.4, -0.2) is 19.9 Å². The summed E-state index contributed by atoms with van der Waals surface area (Å²) in [6.07, 6.45) is 5.76. The van der Waals surface area contributed by atoms with Gasteiger partial charge in [0, 0.05) is 12.2 Å². The molecule has 3 rings (SSSR count). The summed E-state index contributed by atoms with van der Waals surface area (Å²) in [6.45, 7) is 0. The Morgan fingerprint density at radius 1 is 1.46 bits per heavy atom. The lowest BCUT2D eigenvalue weighted by molar-refractivity contribution is 0.477. The Morgan fingerprint density at radius 3 is 3.08 bits per heavy atom. The van der Waals surface area contributed by atoms with Crippen LogP contribution in [-0.2, 0) is 0 Å². The summed E-state index contributed by atoms with van der Waals surface area (Å²) in [4.78, 5) is 0. The van der Waals surface area contributed by atoms with Crippen molar-refractivity contribution in [1.29, 1.82) is 0 Å². The minimum atomic E-state index is 0.212. The Balaban J connectivity index is 2.32. The summed E-state index contributed by atoms with van der Waals surface area (Å²) in [5, 5.41) is 18.0. The van der Waals surface area contributed by atoms with E-state index in [-0.39, 0.29) is 5.75 Å². The fourth-order valence-electron chi connectivity index (χ4n) is 1.60. The van der Waals surface area contributed by atoms with Crippen molar-refractivity contribution in [3.63, 3.8) is 0 Å². The molecule has 0 atom stereocenters. The van der Waals surface area contributed by atoms with E-state index in [4.69, 9.17) is 0 Å². The Morgan fingerprint density at radius 2 is 2.31 bits per heavy atom. The molecule has 1 aliphatic carbocycles. The molecule has 0 spiro atoms. The van der Waals surface area contributed by atoms with Crippen LogP contribution in [0.15, 0.2) is 18.5 Å². The molecule has 1 N–H and O–H groups in total. The van der Waals surface area contributed by atoms with Crippen molar-refractivity contribution in [1.82, 2.24) is 14.8 Å². The predicted molar refractivity (Wildman–Crippen MR) is 47.5 cm³/mol. The maximum atomic E-state index is 9.47. The van der Waals surface area contributed by atoms with Crippen LogP contribution >= 0.6 is 0 Å². The molecule has 66 valence electrons. The van der Waals surface area contributed by atoms with Gasteiger partial charge in [0.15, 0.2) is 5.65 Å². The number of rotatable bonds is 1. The fourth-order valence-corrected chi connectivity index (χ4v) is 1.60. The standard InChI is InChI=1S/C9H9N3O/c13-8-5-10-11-9-7(8)3-4-12(9)6-1-2-6/h3-6H,1-2H2,(H,11,13). The van der Waals surface area contributed by atoms with Crippen LogP contribution in [0.1, 0.15) is 18.9 Å². The molecule has 1 saturated carbocycles. The zero-order valence-electron chi connectivity index (χ0n) is 7.01. The van der Waals surface area contributed by atoms with Gasteiger partial charge in [0.1, 0.15) is 5.75 Å². The van der Waals surface area contributed by atoms with Gasteiger partial charge in [-0.1, -0.05) is 0 Å². The van der Waals surface area contributed by atoms with Crippen LogP contribution in [0.3, 0.4) is 0 Å². The van der Waals surface area contributed by atoms with Crippen molar-refractivity contribution in [2.45, 2.75) is 18.9 Å². The minimum Gasteiger partial charge on any atom is -0.505 e. The van der Waals surface area contributed by atoms with Gasteiger partial charge < -0.3 is 9.67 Å². The van der Waals surface area contributed by atoms with Crippen LogP contribution in [0.25, 0.3) is 11.0 Å².